The molecule has 2 fully saturated rings. The molecule has 1 aromatic carbocycles. The Kier molecular flexibility index (Phi) is 7.77. The van der Waals surface area contributed by atoms with E-state index in [2.05, 4.69) is 31.2 Å². The highest BCUT2D eigenvalue weighted by atomic mass is 19.1. The standard InChI is InChI=1S/C25H37F/c1-2-20-11-15-24(16-12-20)25-17-13-23(14-18-25)10-9-22-7-5-21(6-8-22)4-3-19-26/h3,11-12,15-16,19,21-23,25H,2,4-10,13-14,17-18H2,1H3/b19-3+/t21-,22-,23-,25-. The molecule has 26 heavy (non-hydrogen) atoms. The van der Waals surface area contributed by atoms with Crippen molar-refractivity contribution < 1.29 is 4.39 Å². The van der Waals surface area contributed by atoms with Gasteiger partial charge < -0.3 is 0 Å². The van der Waals surface area contributed by atoms with E-state index in [9.17, 15) is 4.39 Å². The molecule has 0 spiro atoms. The van der Waals surface area contributed by atoms with E-state index in [0.717, 1.165) is 42.8 Å². The van der Waals surface area contributed by atoms with Gasteiger partial charge in [0, 0.05) is 0 Å². The van der Waals surface area contributed by atoms with Crippen LogP contribution in [0.1, 0.15) is 94.6 Å². The minimum atomic E-state index is 0.723. The molecule has 3 rings (SSSR count). The van der Waals surface area contributed by atoms with E-state index in [0.29, 0.717) is 0 Å². The van der Waals surface area contributed by atoms with Gasteiger partial charge in [-0.3, -0.25) is 0 Å². The number of benzene rings is 1. The molecule has 2 aliphatic carbocycles. The van der Waals surface area contributed by atoms with Gasteiger partial charge in [-0.15, -0.1) is 0 Å². The SMILES string of the molecule is CCc1ccc([C@H]2CC[C@H](CC[C@H]3CC[C@H](C/C=C/F)CC3)CC2)cc1. The average Bonchev–Trinajstić information content (AvgIpc) is 2.72. The number of allylic oxidation sites excluding steroid dienone is 1. The van der Waals surface area contributed by atoms with Crippen molar-refractivity contribution in [2.75, 3.05) is 0 Å². The summed E-state index contributed by atoms with van der Waals surface area (Å²) in [6.07, 6.45) is 18.4. The highest BCUT2D eigenvalue weighted by molar-refractivity contribution is 5.25. The zero-order valence-corrected chi connectivity index (χ0v) is 16.6. The fourth-order valence-electron chi connectivity index (χ4n) is 5.28. The van der Waals surface area contributed by atoms with Crippen LogP contribution in [0.5, 0.6) is 0 Å². The number of hydrogen-bond donors (Lipinski definition) is 0. The fraction of sp³-hybridized carbons (Fsp3) is 0.680. The monoisotopic (exact) mass is 356 g/mol. The second-order valence-electron chi connectivity index (χ2n) is 8.87. The van der Waals surface area contributed by atoms with Crippen molar-refractivity contribution in [3.63, 3.8) is 0 Å². The highest BCUT2D eigenvalue weighted by Gasteiger charge is 2.25. The predicted octanol–water partition coefficient (Wildman–Crippen LogP) is 7.98. The van der Waals surface area contributed by atoms with Crippen LogP contribution in [-0.4, -0.2) is 0 Å². The molecule has 1 heteroatoms. The Morgan fingerprint density at radius 3 is 1.88 bits per heavy atom. The Morgan fingerprint density at radius 1 is 0.808 bits per heavy atom. The van der Waals surface area contributed by atoms with Crippen LogP contribution in [-0.2, 0) is 6.42 Å². The van der Waals surface area contributed by atoms with Crippen LogP contribution in [0.25, 0.3) is 0 Å². The summed E-state index contributed by atoms with van der Waals surface area (Å²) >= 11 is 0. The first-order valence-corrected chi connectivity index (χ1v) is 11.1. The Morgan fingerprint density at radius 2 is 1.35 bits per heavy atom. The zero-order chi connectivity index (χ0) is 18.2. The van der Waals surface area contributed by atoms with Crippen molar-refractivity contribution in [2.24, 2.45) is 17.8 Å². The lowest BCUT2D eigenvalue weighted by atomic mass is 9.74. The van der Waals surface area contributed by atoms with Crippen molar-refractivity contribution in [1.82, 2.24) is 0 Å². The third-order valence-electron chi connectivity index (χ3n) is 7.21. The summed E-state index contributed by atoms with van der Waals surface area (Å²) < 4.78 is 12.1. The lowest BCUT2D eigenvalue weighted by Gasteiger charge is -2.32. The van der Waals surface area contributed by atoms with Crippen molar-refractivity contribution in [1.29, 1.82) is 0 Å². The van der Waals surface area contributed by atoms with E-state index < -0.39 is 0 Å². The van der Waals surface area contributed by atoms with Gasteiger partial charge in [-0.2, -0.15) is 0 Å². The summed E-state index contributed by atoms with van der Waals surface area (Å²) in [7, 11) is 0. The highest BCUT2D eigenvalue weighted by Crippen LogP contribution is 2.40. The van der Waals surface area contributed by atoms with Gasteiger partial charge in [-0.05, 0) is 86.2 Å². The number of rotatable bonds is 7. The second-order valence-corrected chi connectivity index (χ2v) is 8.87. The summed E-state index contributed by atoms with van der Waals surface area (Å²) in [5.41, 5.74) is 3.03. The van der Waals surface area contributed by atoms with E-state index in [1.807, 2.05) is 0 Å². The fourth-order valence-corrected chi connectivity index (χ4v) is 5.28. The maximum atomic E-state index is 12.1. The topological polar surface area (TPSA) is 0 Å². The van der Waals surface area contributed by atoms with Crippen LogP contribution < -0.4 is 0 Å². The summed E-state index contributed by atoms with van der Waals surface area (Å²) in [6.45, 7) is 2.23. The van der Waals surface area contributed by atoms with Gasteiger partial charge in [0.15, 0.2) is 0 Å². The first-order chi connectivity index (χ1) is 12.8. The average molecular weight is 357 g/mol. The quantitative estimate of drug-likeness (QED) is 0.464. The first-order valence-electron chi connectivity index (χ1n) is 11.1. The van der Waals surface area contributed by atoms with Crippen molar-refractivity contribution >= 4 is 0 Å². The van der Waals surface area contributed by atoms with Gasteiger partial charge in [0.1, 0.15) is 0 Å². The Bertz CT molecular complexity index is 528. The maximum absolute atomic E-state index is 12.1. The van der Waals surface area contributed by atoms with Crippen LogP contribution >= 0.6 is 0 Å². The molecule has 0 N–H and O–H groups in total. The van der Waals surface area contributed by atoms with Crippen LogP contribution in [0.2, 0.25) is 0 Å². The van der Waals surface area contributed by atoms with E-state index in [-0.39, 0.29) is 0 Å². The number of hydrogen-bond acceptors (Lipinski definition) is 0. The van der Waals surface area contributed by atoms with Gasteiger partial charge >= 0.3 is 0 Å². The molecule has 2 aliphatic rings. The second kappa shape index (κ2) is 10.3. The summed E-state index contributed by atoms with van der Waals surface area (Å²) in [6, 6.07) is 9.39. The summed E-state index contributed by atoms with van der Waals surface area (Å²) in [5, 5.41) is 0. The zero-order valence-electron chi connectivity index (χ0n) is 16.6. The smallest absolute Gasteiger partial charge is 0.0827 e. The molecule has 0 unspecified atom stereocenters. The van der Waals surface area contributed by atoms with Gasteiger partial charge in [0.05, 0.1) is 6.33 Å². The Hall–Kier alpha value is -1.11. The van der Waals surface area contributed by atoms with E-state index in [1.165, 1.54) is 69.8 Å². The summed E-state index contributed by atoms with van der Waals surface area (Å²) in [5.74, 6) is 3.46. The lowest BCUT2D eigenvalue weighted by Crippen LogP contribution is -2.17. The van der Waals surface area contributed by atoms with Gasteiger partial charge in [-0.1, -0.05) is 62.9 Å². The Labute approximate surface area is 160 Å². The molecule has 144 valence electrons. The van der Waals surface area contributed by atoms with Crippen LogP contribution in [0.15, 0.2) is 36.7 Å². The third-order valence-corrected chi connectivity index (χ3v) is 7.21. The largest absolute Gasteiger partial charge is 0.216 e. The molecule has 0 aliphatic heterocycles. The molecule has 2 saturated carbocycles. The molecule has 1 aromatic rings. The molecule has 0 amide bonds. The van der Waals surface area contributed by atoms with E-state index in [4.69, 9.17) is 0 Å². The van der Waals surface area contributed by atoms with Crippen LogP contribution in [0.4, 0.5) is 4.39 Å². The summed E-state index contributed by atoms with van der Waals surface area (Å²) in [4.78, 5) is 0. The molecule has 0 heterocycles. The number of aryl methyl sites for hydroxylation is 1. The van der Waals surface area contributed by atoms with E-state index >= 15 is 0 Å². The molecule has 0 bridgehead atoms. The Balaban J connectivity index is 1.34. The molecular formula is C25H37F. The number of halogens is 1. The molecule has 0 radical (unpaired) electrons. The molecule has 0 nitrogen and oxygen atoms in total. The molecular weight excluding hydrogens is 319 g/mol. The molecule has 0 saturated heterocycles. The predicted molar refractivity (Wildman–Crippen MR) is 110 cm³/mol. The van der Waals surface area contributed by atoms with E-state index in [1.54, 1.807) is 11.6 Å². The van der Waals surface area contributed by atoms with Crippen molar-refractivity contribution in [2.45, 2.75) is 89.9 Å². The van der Waals surface area contributed by atoms with Crippen molar-refractivity contribution in [3.8, 4) is 0 Å². The first kappa shape index (κ1) is 19.6. The van der Waals surface area contributed by atoms with Gasteiger partial charge in [0.2, 0.25) is 0 Å². The molecule has 0 atom stereocenters. The minimum absolute atomic E-state index is 0.723. The molecule has 0 aromatic heterocycles. The maximum Gasteiger partial charge on any atom is 0.0827 e. The van der Waals surface area contributed by atoms with Crippen LogP contribution in [0, 0.1) is 17.8 Å². The van der Waals surface area contributed by atoms with Crippen molar-refractivity contribution in [3.05, 3.63) is 47.8 Å². The third kappa shape index (κ3) is 5.69. The van der Waals surface area contributed by atoms with Gasteiger partial charge in [0.25, 0.3) is 0 Å². The van der Waals surface area contributed by atoms with Gasteiger partial charge in [-0.25, -0.2) is 4.39 Å². The van der Waals surface area contributed by atoms with Crippen LogP contribution in [0.3, 0.4) is 0 Å². The lowest BCUT2D eigenvalue weighted by molar-refractivity contribution is 0.231. The minimum Gasteiger partial charge on any atom is -0.216 e. The normalized spacial score (nSPS) is 29.9.